The highest BCUT2D eigenvalue weighted by molar-refractivity contribution is 4.76. The minimum atomic E-state index is -3.44. The van der Waals surface area contributed by atoms with Crippen LogP contribution in [0.1, 0.15) is 20.8 Å². The summed E-state index contributed by atoms with van der Waals surface area (Å²) in [7, 11) is 0. The van der Waals surface area contributed by atoms with Crippen LogP contribution < -0.4 is 0 Å². The first-order valence-corrected chi connectivity index (χ1v) is 3.02. The van der Waals surface area contributed by atoms with Crippen molar-refractivity contribution in [3.05, 3.63) is 0 Å². The van der Waals surface area contributed by atoms with Crippen LogP contribution in [-0.4, -0.2) is 18.4 Å². The summed E-state index contributed by atoms with van der Waals surface area (Å²) in [4.78, 5) is 0. The minimum Gasteiger partial charge on any atom is -0.342 e. The van der Waals surface area contributed by atoms with E-state index in [0.717, 1.165) is 6.92 Å². The van der Waals surface area contributed by atoms with Crippen molar-refractivity contribution in [2.45, 2.75) is 32.5 Å². The summed E-state index contributed by atoms with van der Waals surface area (Å²) in [6.45, 7) is 2.61. The lowest BCUT2D eigenvalue weighted by atomic mass is 10.2. The number of rotatable bonds is 3. The number of ether oxygens (including phenoxy) is 1. The Bertz CT molecular complexity index is 106. The molecule has 0 aromatic rings. The number of halogens is 3. The van der Waals surface area contributed by atoms with E-state index in [1.54, 1.807) is 0 Å². The molecule has 0 spiro atoms. The summed E-state index contributed by atoms with van der Waals surface area (Å²) in [5.74, 6) is -6.29. The molecule has 0 bridgehead atoms. The molecule has 1 nitrogen and oxygen atoms in total. The summed E-state index contributed by atoms with van der Waals surface area (Å²) in [5.41, 5.74) is 0. The smallest absolute Gasteiger partial charge is 0.302 e. The molecule has 10 heavy (non-hydrogen) atoms. The predicted octanol–water partition coefficient (Wildman–Crippen LogP) is 2.36. The van der Waals surface area contributed by atoms with Gasteiger partial charge in [0.2, 0.25) is 0 Å². The van der Waals surface area contributed by atoms with Crippen molar-refractivity contribution in [2.75, 3.05) is 6.61 Å². The molecule has 0 aromatic carbocycles. The molecule has 0 heterocycles. The molecule has 0 amide bonds. The Hall–Kier alpha value is -0.250. The number of hydrogen-bond acceptors (Lipinski definition) is 1. The van der Waals surface area contributed by atoms with Crippen LogP contribution in [0.2, 0.25) is 0 Å². The molecule has 0 aliphatic heterocycles. The maximum Gasteiger partial charge on any atom is 0.302 e. The summed E-state index contributed by atoms with van der Waals surface area (Å²) in [6.07, 6.45) is 0. The van der Waals surface area contributed by atoms with Gasteiger partial charge in [-0.05, 0) is 6.92 Å². The Kier molecular flexibility index (Phi) is 2.71. The lowest BCUT2D eigenvalue weighted by Gasteiger charge is -2.26. The summed E-state index contributed by atoms with van der Waals surface area (Å²) >= 11 is 0. The van der Waals surface area contributed by atoms with Crippen molar-refractivity contribution < 1.29 is 17.9 Å². The average molecular weight is 156 g/mol. The van der Waals surface area contributed by atoms with Crippen molar-refractivity contribution in [1.29, 1.82) is 0 Å². The van der Waals surface area contributed by atoms with Gasteiger partial charge in [0.1, 0.15) is 0 Å². The van der Waals surface area contributed by atoms with Crippen molar-refractivity contribution in [1.82, 2.24) is 0 Å². The third kappa shape index (κ3) is 2.17. The van der Waals surface area contributed by atoms with E-state index in [2.05, 4.69) is 4.74 Å². The highest BCUT2D eigenvalue weighted by Crippen LogP contribution is 2.32. The number of hydrogen-bond donors (Lipinski definition) is 0. The quantitative estimate of drug-likeness (QED) is 0.609. The van der Waals surface area contributed by atoms with Gasteiger partial charge in [-0.1, -0.05) is 0 Å². The van der Waals surface area contributed by atoms with Crippen LogP contribution in [0.4, 0.5) is 13.2 Å². The monoisotopic (exact) mass is 156 g/mol. The zero-order valence-electron chi connectivity index (χ0n) is 6.25. The van der Waals surface area contributed by atoms with E-state index in [1.165, 1.54) is 6.92 Å². The van der Waals surface area contributed by atoms with E-state index in [-0.39, 0.29) is 6.61 Å². The third-order valence-electron chi connectivity index (χ3n) is 1.20. The van der Waals surface area contributed by atoms with E-state index in [1.807, 2.05) is 0 Å². The van der Waals surface area contributed by atoms with Gasteiger partial charge in [-0.2, -0.15) is 0 Å². The molecule has 0 saturated carbocycles. The van der Waals surface area contributed by atoms with E-state index in [4.69, 9.17) is 0 Å². The van der Waals surface area contributed by atoms with Crippen molar-refractivity contribution in [3.8, 4) is 0 Å². The fourth-order valence-electron chi connectivity index (χ4n) is 0.398. The van der Waals surface area contributed by atoms with Crippen molar-refractivity contribution in [2.24, 2.45) is 0 Å². The van der Waals surface area contributed by atoms with Gasteiger partial charge in [-0.15, -0.1) is 0 Å². The Labute approximate surface area is 58.2 Å². The lowest BCUT2D eigenvalue weighted by Crippen LogP contribution is -2.41. The van der Waals surface area contributed by atoms with Gasteiger partial charge in [0.25, 0.3) is 5.85 Å². The molecule has 0 aliphatic carbocycles. The molecular formula is C6H11F3O. The van der Waals surface area contributed by atoms with Crippen LogP contribution >= 0.6 is 0 Å². The van der Waals surface area contributed by atoms with Crippen LogP contribution in [0.15, 0.2) is 0 Å². The van der Waals surface area contributed by atoms with E-state index in [9.17, 15) is 13.2 Å². The average Bonchev–Trinajstić information content (AvgIpc) is 1.61. The van der Waals surface area contributed by atoms with E-state index < -0.39 is 11.8 Å². The molecule has 0 N–H and O–H groups in total. The second-order valence-corrected chi connectivity index (χ2v) is 2.24. The van der Waals surface area contributed by atoms with Crippen LogP contribution in [0.3, 0.4) is 0 Å². The van der Waals surface area contributed by atoms with Gasteiger partial charge >= 0.3 is 5.92 Å². The molecule has 0 fully saturated rings. The molecule has 62 valence electrons. The largest absolute Gasteiger partial charge is 0.342 e. The molecule has 1 unspecified atom stereocenters. The van der Waals surface area contributed by atoms with Crippen LogP contribution in [0, 0.1) is 0 Å². The maximum absolute atomic E-state index is 12.6. The lowest BCUT2D eigenvalue weighted by molar-refractivity contribution is -0.257. The normalized spacial score (nSPS) is 18.6. The van der Waals surface area contributed by atoms with Gasteiger partial charge in [0.15, 0.2) is 0 Å². The Morgan fingerprint density at radius 2 is 1.60 bits per heavy atom. The van der Waals surface area contributed by atoms with Gasteiger partial charge in [0, 0.05) is 20.5 Å². The maximum atomic E-state index is 12.6. The highest BCUT2D eigenvalue weighted by atomic mass is 19.3. The Balaban J connectivity index is 4.10. The zero-order valence-corrected chi connectivity index (χ0v) is 6.25. The SMILES string of the molecule is CCOC(C)(F)C(C)(F)F. The molecule has 0 aliphatic rings. The van der Waals surface area contributed by atoms with E-state index in [0.29, 0.717) is 6.92 Å². The van der Waals surface area contributed by atoms with Crippen LogP contribution in [-0.2, 0) is 4.74 Å². The first-order chi connectivity index (χ1) is 4.31. The van der Waals surface area contributed by atoms with Crippen molar-refractivity contribution >= 4 is 0 Å². The molecule has 0 rings (SSSR count). The zero-order chi connectivity index (χ0) is 8.41. The fourth-order valence-corrected chi connectivity index (χ4v) is 0.398. The second kappa shape index (κ2) is 2.78. The van der Waals surface area contributed by atoms with Gasteiger partial charge in [-0.3, -0.25) is 0 Å². The molecular weight excluding hydrogens is 145 g/mol. The summed E-state index contributed by atoms with van der Waals surface area (Å²) < 4.78 is 41.2. The standard InChI is InChI=1S/C6H11F3O/c1-4-10-6(3,9)5(2,7)8/h4H2,1-3H3. The molecule has 4 heteroatoms. The fraction of sp³-hybridized carbons (Fsp3) is 1.00. The molecule has 1 atom stereocenters. The van der Waals surface area contributed by atoms with Crippen LogP contribution in [0.25, 0.3) is 0 Å². The van der Waals surface area contributed by atoms with Gasteiger partial charge in [0.05, 0.1) is 0 Å². The first-order valence-electron chi connectivity index (χ1n) is 3.02. The Morgan fingerprint density at radius 1 is 1.20 bits per heavy atom. The molecule has 0 saturated heterocycles. The third-order valence-corrected chi connectivity index (χ3v) is 1.20. The van der Waals surface area contributed by atoms with Gasteiger partial charge in [-0.25, -0.2) is 13.2 Å². The van der Waals surface area contributed by atoms with Crippen molar-refractivity contribution in [3.63, 3.8) is 0 Å². The molecule has 0 aromatic heterocycles. The first kappa shape index (κ1) is 9.75. The summed E-state index contributed by atoms with van der Waals surface area (Å²) in [5, 5.41) is 0. The topological polar surface area (TPSA) is 9.23 Å². The van der Waals surface area contributed by atoms with Gasteiger partial charge < -0.3 is 4.74 Å². The second-order valence-electron chi connectivity index (χ2n) is 2.24. The summed E-state index contributed by atoms with van der Waals surface area (Å²) in [6, 6.07) is 0. The minimum absolute atomic E-state index is 0.0591. The van der Waals surface area contributed by atoms with E-state index >= 15 is 0 Å². The Morgan fingerprint density at radius 3 is 1.70 bits per heavy atom. The predicted molar refractivity (Wildman–Crippen MR) is 31.8 cm³/mol. The molecule has 0 radical (unpaired) electrons. The number of alkyl halides is 3. The highest BCUT2D eigenvalue weighted by Gasteiger charge is 2.47. The van der Waals surface area contributed by atoms with Crippen LogP contribution in [0.5, 0.6) is 0 Å².